The van der Waals surface area contributed by atoms with E-state index in [0.29, 0.717) is 32.4 Å². The molecule has 0 aromatic heterocycles. The first-order chi connectivity index (χ1) is 14.4. The molecule has 0 aliphatic carbocycles. The van der Waals surface area contributed by atoms with Gasteiger partial charge in [0.1, 0.15) is 12.7 Å². The van der Waals surface area contributed by atoms with Gasteiger partial charge in [-0.15, -0.1) is 0 Å². The summed E-state index contributed by atoms with van der Waals surface area (Å²) >= 11 is 0. The third-order valence-electron chi connectivity index (χ3n) is 4.68. The van der Waals surface area contributed by atoms with E-state index in [-0.39, 0.29) is 24.7 Å². The minimum atomic E-state index is -1.15. The molecular formula is C22H30N2O6. The van der Waals surface area contributed by atoms with E-state index in [9.17, 15) is 19.2 Å². The highest BCUT2D eigenvalue weighted by Crippen LogP contribution is 2.13. The van der Waals surface area contributed by atoms with Crippen molar-refractivity contribution in [2.75, 3.05) is 13.2 Å². The summed E-state index contributed by atoms with van der Waals surface area (Å²) in [5.74, 6) is -1.76. The molecule has 2 N–H and O–H groups in total. The van der Waals surface area contributed by atoms with Crippen LogP contribution in [0.1, 0.15) is 45.1 Å². The Labute approximate surface area is 176 Å². The van der Waals surface area contributed by atoms with E-state index < -0.39 is 29.9 Å². The SMILES string of the molecule is CC(C)CC(NC(=O)OCc1ccccc1)C(=O)CC1OCCCCNC(=O)C1=O. The van der Waals surface area contributed by atoms with Gasteiger partial charge in [-0.05, 0) is 30.7 Å². The number of benzene rings is 1. The van der Waals surface area contributed by atoms with E-state index in [2.05, 4.69) is 10.6 Å². The number of carbonyl (C=O) groups is 4. The van der Waals surface area contributed by atoms with E-state index in [4.69, 9.17) is 9.47 Å². The summed E-state index contributed by atoms with van der Waals surface area (Å²) in [6, 6.07) is 8.37. The summed E-state index contributed by atoms with van der Waals surface area (Å²) < 4.78 is 10.7. The van der Waals surface area contributed by atoms with Gasteiger partial charge in [-0.3, -0.25) is 14.4 Å². The summed E-state index contributed by atoms with van der Waals surface area (Å²) in [4.78, 5) is 49.3. The van der Waals surface area contributed by atoms with Gasteiger partial charge in [0.25, 0.3) is 5.91 Å². The zero-order valence-electron chi connectivity index (χ0n) is 17.5. The van der Waals surface area contributed by atoms with Gasteiger partial charge in [0, 0.05) is 19.6 Å². The second kappa shape index (κ2) is 12.1. The van der Waals surface area contributed by atoms with Gasteiger partial charge in [-0.1, -0.05) is 44.2 Å². The zero-order valence-corrected chi connectivity index (χ0v) is 17.5. The molecule has 1 heterocycles. The molecule has 2 rings (SSSR count). The highest BCUT2D eigenvalue weighted by atomic mass is 16.5. The fraction of sp³-hybridized carbons (Fsp3) is 0.545. The van der Waals surface area contributed by atoms with Crippen LogP contribution >= 0.6 is 0 Å². The van der Waals surface area contributed by atoms with Crippen molar-refractivity contribution < 1.29 is 28.7 Å². The van der Waals surface area contributed by atoms with Gasteiger partial charge < -0.3 is 20.1 Å². The molecule has 8 heteroatoms. The maximum absolute atomic E-state index is 12.9. The van der Waals surface area contributed by atoms with Crippen molar-refractivity contribution in [1.82, 2.24) is 10.6 Å². The van der Waals surface area contributed by atoms with Crippen molar-refractivity contribution >= 4 is 23.6 Å². The van der Waals surface area contributed by atoms with E-state index in [1.807, 2.05) is 44.2 Å². The Hall–Kier alpha value is -2.74. The average Bonchev–Trinajstić information content (AvgIpc) is 2.79. The normalized spacial score (nSPS) is 18.6. The molecule has 1 aromatic carbocycles. The smallest absolute Gasteiger partial charge is 0.408 e. The van der Waals surface area contributed by atoms with Gasteiger partial charge in [0.05, 0.1) is 6.04 Å². The summed E-state index contributed by atoms with van der Waals surface area (Å²) in [6.45, 7) is 4.62. The Kier molecular flexibility index (Phi) is 9.47. The van der Waals surface area contributed by atoms with Crippen LogP contribution in [0.5, 0.6) is 0 Å². The highest BCUT2D eigenvalue weighted by Gasteiger charge is 2.32. The van der Waals surface area contributed by atoms with E-state index in [1.54, 1.807) is 0 Å². The van der Waals surface area contributed by atoms with Crippen molar-refractivity contribution in [3.8, 4) is 0 Å². The standard InChI is InChI=1S/C22H30N2O6/c1-15(2)12-17(24-22(28)30-14-16-8-4-3-5-9-16)18(25)13-19-20(26)21(27)23-10-6-7-11-29-19/h3-5,8-9,15,17,19H,6-7,10-14H2,1-2H3,(H,23,27)(H,24,28). The molecule has 2 atom stereocenters. The van der Waals surface area contributed by atoms with Gasteiger partial charge >= 0.3 is 6.09 Å². The molecule has 1 aliphatic heterocycles. The van der Waals surface area contributed by atoms with Crippen molar-refractivity contribution in [3.63, 3.8) is 0 Å². The lowest BCUT2D eigenvalue weighted by molar-refractivity contribution is -0.146. The molecule has 164 valence electrons. The lowest BCUT2D eigenvalue weighted by Crippen LogP contribution is -2.46. The average molecular weight is 418 g/mol. The summed E-state index contributed by atoms with van der Waals surface area (Å²) in [5.41, 5.74) is 0.829. The second-order valence-corrected chi connectivity index (χ2v) is 7.75. The van der Waals surface area contributed by atoms with Crippen LogP contribution in [0.4, 0.5) is 4.79 Å². The number of alkyl carbamates (subject to hydrolysis) is 1. The number of amides is 2. The van der Waals surface area contributed by atoms with Crippen LogP contribution < -0.4 is 10.6 Å². The molecule has 1 saturated heterocycles. The number of ether oxygens (including phenoxy) is 2. The molecule has 30 heavy (non-hydrogen) atoms. The maximum atomic E-state index is 12.9. The van der Waals surface area contributed by atoms with Crippen LogP contribution in [-0.4, -0.2) is 48.9 Å². The number of hydrogen-bond donors (Lipinski definition) is 2. The number of Topliss-reactive ketones (excluding diaryl/α,β-unsaturated/α-hetero) is 2. The van der Waals surface area contributed by atoms with Crippen molar-refractivity contribution in [1.29, 1.82) is 0 Å². The molecule has 1 aromatic rings. The first-order valence-electron chi connectivity index (χ1n) is 10.3. The number of nitrogens with one attached hydrogen (secondary N) is 2. The van der Waals surface area contributed by atoms with Crippen LogP contribution in [0.25, 0.3) is 0 Å². The quantitative estimate of drug-likeness (QED) is 0.626. The predicted molar refractivity (Wildman–Crippen MR) is 110 cm³/mol. The van der Waals surface area contributed by atoms with Crippen LogP contribution in [-0.2, 0) is 30.5 Å². The second-order valence-electron chi connectivity index (χ2n) is 7.75. The molecule has 1 fully saturated rings. The van der Waals surface area contributed by atoms with Gasteiger partial charge in [-0.2, -0.15) is 0 Å². The van der Waals surface area contributed by atoms with Crippen LogP contribution in [0, 0.1) is 5.92 Å². The number of carbonyl (C=O) groups excluding carboxylic acids is 4. The summed E-state index contributed by atoms with van der Waals surface area (Å²) in [7, 11) is 0. The largest absolute Gasteiger partial charge is 0.445 e. The van der Waals surface area contributed by atoms with Gasteiger partial charge in [0.15, 0.2) is 5.78 Å². The third kappa shape index (κ3) is 7.94. The Bertz CT molecular complexity index is 734. The van der Waals surface area contributed by atoms with E-state index >= 15 is 0 Å². The Morgan fingerprint density at radius 2 is 1.93 bits per heavy atom. The zero-order chi connectivity index (χ0) is 21.9. The lowest BCUT2D eigenvalue weighted by atomic mass is 9.96. The van der Waals surface area contributed by atoms with Gasteiger partial charge in [0.2, 0.25) is 5.78 Å². The summed E-state index contributed by atoms with van der Waals surface area (Å²) in [6.07, 6.45) is -0.373. The Morgan fingerprint density at radius 1 is 1.20 bits per heavy atom. The molecule has 8 nitrogen and oxygen atoms in total. The van der Waals surface area contributed by atoms with Crippen molar-refractivity contribution in [2.24, 2.45) is 5.92 Å². The molecule has 0 bridgehead atoms. The topological polar surface area (TPSA) is 111 Å². The first kappa shape index (κ1) is 23.5. The monoisotopic (exact) mass is 418 g/mol. The molecule has 0 spiro atoms. The van der Waals surface area contributed by atoms with Crippen LogP contribution in [0.3, 0.4) is 0 Å². The molecule has 2 unspecified atom stereocenters. The van der Waals surface area contributed by atoms with Crippen molar-refractivity contribution in [3.05, 3.63) is 35.9 Å². The first-order valence-corrected chi connectivity index (χ1v) is 10.3. The number of ketones is 2. The fourth-order valence-corrected chi connectivity index (χ4v) is 3.09. The Balaban J connectivity index is 1.98. The fourth-order valence-electron chi connectivity index (χ4n) is 3.09. The molecule has 2 amide bonds. The molecule has 0 radical (unpaired) electrons. The molecular weight excluding hydrogens is 388 g/mol. The van der Waals surface area contributed by atoms with Gasteiger partial charge in [-0.25, -0.2) is 4.79 Å². The summed E-state index contributed by atoms with van der Waals surface area (Å²) in [5, 5.41) is 5.13. The van der Waals surface area contributed by atoms with Crippen molar-refractivity contribution in [2.45, 2.75) is 58.3 Å². The van der Waals surface area contributed by atoms with E-state index in [0.717, 1.165) is 5.56 Å². The Morgan fingerprint density at radius 3 is 2.63 bits per heavy atom. The number of hydrogen-bond acceptors (Lipinski definition) is 6. The maximum Gasteiger partial charge on any atom is 0.408 e. The third-order valence-corrected chi connectivity index (χ3v) is 4.68. The minimum absolute atomic E-state index is 0.0830. The minimum Gasteiger partial charge on any atom is -0.445 e. The van der Waals surface area contributed by atoms with Crippen LogP contribution in [0.2, 0.25) is 0 Å². The lowest BCUT2D eigenvalue weighted by Gasteiger charge is -2.22. The highest BCUT2D eigenvalue weighted by molar-refractivity contribution is 6.38. The number of rotatable bonds is 8. The van der Waals surface area contributed by atoms with E-state index in [1.165, 1.54) is 0 Å². The molecule has 1 aliphatic rings. The predicted octanol–water partition coefficient (Wildman–Crippen LogP) is 2.15. The van der Waals surface area contributed by atoms with Crippen LogP contribution in [0.15, 0.2) is 30.3 Å². The molecule has 0 saturated carbocycles.